The number of nitrogens with one attached hydrogen (secondary N) is 1. The molecule has 0 heterocycles. The lowest BCUT2D eigenvalue weighted by atomic mass is 10.1. The van der Waals surface area contributed by atoms with Gasteiger partial charge in [-0.3, -0.25) is 4.79 Å². The maximum Gasteiger partial charge on any atom is 0.308 e. The summed E-state index contributed by atoms with van der Waals surface area (Å²) in [6.45, 7) is 3.86. The molecule has 0 saturated heterocycles. The van der Waals surface area contributed by atoms with E-state index in [4.69, 9.17) is 4.74 Å². The van der Waals surface area contributed by atoms with Crippen molar-refractivity contribution >= 4 is 17.3 Å². The van der Waals surface area contributed by atoms with Gasteiger partial charge in [-0.05, 0) is 6.42 Å². The minimum atomic E-state index is -2.73. The molecule has 0 aromatic heterocycles. The Morgan fingerprint density at radius 1 is 1.60 bits per heavy atom. The van der Waals surface area contributed by atoms with Crippen molar-refractivity contribution in [2.45, 2.75) is 20.3 Å². The molecule has 90 valence electrons. The largest absolute Gasteiger partial charge is 0.747 e. The quantitative estimate of drug-likeness (QED) is 0.207. The maximum absolute atomic E-state index is 11.1. The van der Waals surface area contributed by atoms with E-state index in [1.807, 2.05) is 6.92 Å². The topological polar surface area (TPSA) is 96.9 Å². The normalized spacial score (nSPS) is 14.6. The van der Waals surface area contributed by atoms with Crippen LogP contribution in [0, 0.1) is 5.92 Å². The number of carbonyl (C=O) groups is 1. The SMILES string of the molecule is CCC(C)C(=O)OCCNOOS(=O)[O-]. The zero-order valence-corrected chi connectivity index (χ0v) is 9.37. The first kappa shape index (κ1) is 14.5. The van der Waals surface area contributed by atoms with Gasteiger partial charge in [-0.2, -0.15) is 5.48 Å². The minimum absolute atomic E-state index is 0.0814. The first-order valence-corrected chi connectivity index (χ1v) is 5.40. The highest BCUT2D eigenvalue weighted by molar-refractivity contribution is 7.73. The number of ether oxygens (including phenoxy) is 1. The zero-order chi connectivity index (χ0) is 11.7. The van der Waals surface area contributed by atoms with Crippen molar-refractivity contribution in [2.75, 3.05) is 13.2 Å². The van der Waals surface area contributed by atoms with Crippen molar-refractivity contribution in [2.24, 2.45) is 5.92 Å². The predicted octanol–water partition coefficient (Wildman–Crippen LogP) is -0.177. The van der Waals surface area contributed by atoms with Crippen LogP contribution in [0.1, 0.15) is 20.3 Å². The Bertz CT molecular complexity index is 212. The third-order valence-electron chi connectivity index (χ3n) is 1.61. The number of rotatable bonds is 8. The molecule has 0 aromatic carbocycles. The Morgan fingerprint density at radius 3 is 2.80 bits per heavy atom. The molecule has 2 unspecified atom stereocenters. The summed E-state index contributed by atoms with van der Waals surface area (Å²) in [5, 5.41) is 0. The molecule has 0 aliphatic carbocycles. The van der Waals surface area contributed by atoms with Gasteiger partial charge in [-0.25, -0.2) is 4.21 Å². The summed E-state index contributed by atoms with van der Waals surface area (Å²) in [6.07, 6.45) is 0.709. The fraction of sp³-hybridized carbons (Fsp3) is 0.857. The Morgan fingerprint density at radius 2 is 2.27 bits per heavy atom. The van der Waals surface area contributed by atoms with Crippen molar-refractivity contribution in [3.8, 4) is 0 Å². The molecular weight excluding hydrogens is 226 g/mol. The van der Waals surface area contributed by atoms with Gasteiger partial charge in [0.1, 0.15) is 18.0 Å². The molecule has 2 atom stereocenters. The molecule has 0 amide bonds. The summed E-state index contributed by atoms with van der Waals surface area (Å²) in [5.74, 6) is -0.441. The number of esters is 1. The zero-order valence-electron chi connectivity index (χ0n) is 8.56. The molecular formula is C7H14NO6S-. The summed E-state index contributed by atoms with van der Waals surface area (Å²) < 4.78 is 28.1. The smallest absolute Gasteiger partial charge is 0.308 e. The van der Waals surface area contributed by atoms with Crippen molar-refractivity contribution in [3.05, 3.63) is 0 Å². The van der Waals surface area contributed by atoms with E-state index in [0.717, 1.165) is 0 Å². The van der Waals surface area contributed by atoms with E-state index in [0.29, 0.717) is 6.42 Å². The average molecular weight is 240 g/mol. The van der Waals surface area contributed by atoms with Crippen molar-refractivity contribution in [3.63, 3.8) is 0 Å². The second-order valence-corrected chi connectivity index (χ2v) is 3.27. The lowest BCUT2D eigenvalue weighted by Crippen LogP contribution is -2.24. The number of hydrogen-bond donors (Lipinski definition) is 1. The molecule has 0 spiro atoms. The van der Waals surface area contributed by atoms with Crippen molar-refractivity contribution < 1.29 is 27.6 Å². The summed E-state index contributed by atoms with van der Waals surface area (Å²) >= 11 is -2.73. The number of hydroxylamine groups is 1. The van der Waals surface area contributed by atoms with E-state index in [1.165, 1.54) is 0 Å². The molecule has 0 aromatic rings. The lowest BCUT2D eigenvalue weighted by Gasteiger charge is -2.09. The van der Waals surface area contributed by atoms with Crippen LogP contribution in [0.25, 0.3) is 0 Å². The van der Waals surface area contributed by atoms with Crippen LogP contribution in [-0.2, 0) is 30.2 Å². The van der Waals surface area contributed by atoms with E-state index >= 15 is 0 Å². The van der Waals surface area contributed by atoms with Gasteiger partial charge < -0.3 is 9.29 Å². The highest BCUT2D eigenvalue weighted by Crippen LogP contribution is 2.02. The summed E-state index contributed by atoms with van der Waals surface area (Å²) in [4.78, 5) is 15.1. The number of hydrogen-bond acceptors (Lipinski definition) is 7. The second kappa shape index (κ2) is 8.74. The van der Waals surface area contributed by atoms with Gasteiger partial charge in [0.15, 0.2) is 0 Å². The first-order chi connectivity index (χ1) is 7.07. The summed E-state index contributed by atoms with van der Waals surface area (Å²) in [6, 6.07) is 0. The van der Waals surface area contributed by atoms with Gasteiger partial charge in [0.2, 0.25) is 0 Å². The summed E-state index contributed by atoms with van der Waals surface area (Å²) in [7, 11) is 0. The lowest BCUT2D eigenvalue weighted by molar-refractivity contribution is -0.255. The standard InChI is InChI=1S/C7H15NO6S/c1-3-6(2)7(9)12-5-4-8-13-14-15(10)11/h6,8H,3-5H2,1-2H3,(H,10,11)/p-1. The van der Waals surface area contributed by atoms with E-state index in [-0.39, 0.29) is 25.0 Å². The molecule has 1 N–H and O–H groups in total. The molecule has 0 bridgehead atoms. The Kier molecular flexibility index (Phi) is 8.43. The molecule has 8 heteroatoms. The molecule has 0 fully saturated rings. The second-order valence-electron chi connectivity index (χ2n) is 2.73. The maximum atomic E-state index is 11.1. The van der Waals surface area contributed by atoms with Gasteiger partial charge in [0, 0.05) is 0 Å². The molecule has 0 aliphatic heterocycles. The third kappa shape index (κ3) is 8.45. The monoisotopic (exact) mass is 240 g/mol. The highest BCUT2D eigenvalue weighted by Gasteiger charge is 2.10. The van der Waals surface area contributed by atoms with Crippen LogP contribution in [0.5, 0.6) is 0 Å². The molecule has 0 radical (unpaired) electrons. The van der Waals surface area contributed by atoms with Gasteiger partial charge in [0.05, 0.1) is 12.5 Å². The average Bonchev–Trinajstić information content (AvgIpc) is 2.21. The van der Waals surface area contributed by atoms with Crippen LogP contribution in [0.4, 0.5) is 0 Å². The molecule has 0 rings (SSSR count). The fourth-order valence-electron chi connectivity index (χ4n) is 0.596. The summed E-state index contributed by atoms with van der Waals surface area (Å²) in [5.41, 5.74) is 2.14. The van der Waals surface area contributed by atoms with Gasteiger partial charge in [-0.1, -0.05) is 13.8 Å². The fourth-order valence-corrected chi connectivity index (χ4v) is 0.699. The Labute approximate surface area is 90.5 Å². The van der Waals surface area contributed by atoms with E-state index in [1.54, 1.807) is 6.92 Å². The van der Waals surface area contributed by atoms with E-state index < -0.39 is 11.4 Å². The predicted molar refractivity (Wildman–Crippen MR) is 49.5 cm³/mol. The van der Waals surface area contributed by atoms with Crippen molar-refractivity contribution in [1.82, 2.24) is 5.48 Å². The van der Waals surface area contributed by atoms with Gasteiger partial charge >= 0.3 is 5.97 Å². The third-order valence-corrected chi connectivity index (χ3v) is 1.79. The Balaban J connectivity index is 3.31. The first-order valence-electron chi connectivity index (χ1n) is 4.40. The Hall–Kier alpha value is -0.540. The van der Waals surface area contributed by atoms with Gasteiger partial charge in [0.25, 0.3) is 0 Å². The molecule has 0 saturated carbocycles. The van der Waals surface area contributed by atoms with Crippen LogP contribution < -0.4 is 5.48 Å². The van der Waals surface area contributed by atoms with Crippen LogP contribution in [-0.4, -0.2) is 27.9 Å². The van der Waals surface area contributed by atoms with Crippen LogP contribution in [0.3, 0.4) is 0 Å². The minimum Gasteiger partial charge on any atom is -0.747 e. The molecule has 15 heavy (non-hydrogen) atoms. The van der Waals surface area contributed by atoms with Crippen LogP contribution in [0.2, 0.25) is 0 Å². The van der Waals surface area contributed by atoms with E-state index in [9.17, 15) is 13.6 Å². The molecule has 0 aliphatic rings. The van der Waals surface area contributed by atoms with Crippen LogP contribution >= 0.6 is 0 Å². The highest BCUT2D eigenvalue weighted by atomic mass is 32.2. The van der Waals surface area contributed by atoms with Crippen molar-refractivity contribution in [1.29, 1.82) is 0 Å². The molecule has 7 nitrogen and oxygen atoms in total. The number of carbonyl (C=O) groups excluding carboxylic acids is 1. The van der Waals surface area contributed by atoms with E-state index in [2.05, 4.69) is 14.8 Å². The van der Waals surface area contributed by atoms with Gasteiger partial charge in [-0.15, -0.1) is 9.32 Å². The van der Waals surface area contributed by atoms with Crippen LogP contribution in [0.15, 0.2) is 0 Å².